The van der Waals surface area contributed by atoms with Crippen molar-refractivity contribution in [1.82, 2.24) is 39.5 Å². The van der Waals surface area contributed by atoms with Crippen molar-refractivity contribution < 1.29 is 14.3 Å². The maximum atomic E-state index is 12.4. The van der Waals surface area contributed by atoms with Crippen molar-refractivity contribution in [3.8, 4) is 6.07 Å². The lowest BCUT2D eigenvalue weighted by Crippen LogP contribution is -2.14. The highest BCUT2D eigenvalue weighted by Gasteiger charge is 2.35. The number of ether oxygens (including phenoxy) is 1. The van der Waals surface area contributed by atoms with Gasteiger partial charge in [0.05, 0.1) is 41.1 Å². The Morgan fingerprint density at radius 3 is 2.26 bits per heavy atom. The van der Waals surface area contributed by atoms with Crippen LogP contribution < -0.4 is 10.6 Å². The van der Waals surface area contributed by atoms with Gasteiger partial charge < -0.3 is 15.4 Å². The lowest BCUT2D eigenvalue weighted by molar-refractivity contribution is -0.116. The number of nitrogens with zero attached hydrogens (tertiary/aromatic N) is 10. The van der Waals surface area contributed by atoms with E-state index < -0.39 is 5.92 Å². The van der Waals surface area contributed by atoms with Gasteiger partial charge >= 0.3 is 0 Å². The number of amides is 2. The predicted octanol–water partition coefficient (Wildman–Crippen LogP) is 4.86. The zero-order chi connectivity index (χ0) is 35.2. The molecule has 0 spiro atoms. The Bertz CT molecular complexity index is 2310. The molecule has 4 aromatic heterocycles. The smallest absolute Gasteiger partial charge is 0.238 e. The molecule has 1 saturated heterocycles. The number of benzene rings is 2. The first-order valence-electron chi connectivity index (χ1n) is 15.4. The van der Waals surface area contributed by atoms with E-state index in [1.54, 1.807) is 65.2 Å². The molecule has 0 aliphatic carbocycles. The van der Waals surface area contributed by atoms with Gasteiger partial charge in [0.25, 0.3) is 0 Å². The standard InChI is InChI=1S/C15H10N6O.C9H6N2O.C6H5ClN4.C4H8O/c1-21-6-10-13(17-7-18-14(10)20-21)12-9-4-8(5-16)2-3-11(9)19-15(12)22;1-10-7-2-3-8-6(4-7)5-9(12)11-8;1-11-2-4-5(7)8-3-9-6(4)10-11;1-2-4-5-3-1/h2-4,6-7,12H,1H3,(H,19,22);2-4H,5H2,(H,11,12);2-3H,1H3;1-4H2. The van der Waals surface area contributed by atoms with Gasteiger partial charge in [0.15, 0.2) is 17.0 Å². The Labute approximate surface area is 290 Å². The summed E-state index contributed by atoms with van der Waals surface area (Å²) in [5.74, 6) is -0.709. The molecule has 0 radical (unpaired) electrons. The number of hydrogen-bond acceptors (Lipinski definition) is 10. The molecule has 1 fully saturated rings. The van der Waals surface area contributed by atoms with Gasteiger partial charge in [-0.2, -0.15) is 15.5 Å². The lowest BCUT2D eigenvalue weighted by Gasteiger charge is -2.08. The number of carbonyl (C=O) groups is 2. The van der Waals surface area contributed by atoms with Crippen LogP contribution >= 0.6 is 11.6 Å². The summed E-state index contributed by atoms with van der Waals surface area (Å²) in [4.78, 5) is 42.8. The van der Waals surface area contributed by atoms with Gasteiger partial charge in [0, 0.05) is 51.1 Å². The van der Waals surface area contributed by atoms with Crippen LogP contribution in [0.3, 0.4) is 0 Å². The largest absolute Gasteiger partial charge is 0.381 e. The van der Waals surface area contributed by atoms with E-state index >= 15 is 0 Å². The predicted molar refractivity (Wildman–Crippen MR) is 184 cm³/mol. The Kier molecular flexibility index (Phi) is 9.99. The topological polar surface area (TPSA) is 183 Å². The molecule has 2 aromatic carbocycles. The summed E-state index contributed by atoms with van der Waals surface area (Å²) in [6.07, 6.45) is 9.35. The molecule has 9 rings (SSSR count). The van der Waals surface area contributed by atoms with Crippen molar-refractivity contribution >= 4 is 62.5 Å². The highest BCUT2D eigenvalue weighted by atomic mass is 35.5. The molecule has 16 heteroatoms. The van der Waals surface area contributed by atoms with E-state index in [4.69, 9.17) is 28.2 Å². The fourth-order valence-electron chi connectivity index (χ4n) is 5.52. The van der Waals surface area contributed by atoms with Crippen molar-refractivity contribution in [1.29, 1.82) is 5.26 Å². The SMILES string of the molecule is C1CCOC1.Cn1cc2c(C3C(=O)Nc4ccc(C#N)cc43)ncnc2n1.Cn1cc2c(Cl)ncnc2n1.[C-]#[N+]c1ccc2c(c1)CC(=O)N2. The third-order valence-corrected chi connectivity index (χ3v) is 8.10. The maximum absolute atomic E-state index is 12.4. The van der Waals surface area contributed by atoms with E-state index in [9.17, 15) is 9.59 Å². The van der Waals surface area contributed by atoms with E-state index in [1.807, 2.05) is 7.05 Å². The molecule has 1 unspecified atom stereocenters. The molecule has 0 bridgehead atoms. The summed E-state index contributed by atoms with van der Waals surface area (Å²) < 4.78 is 8.24. The fourth-order valence-corrected chi connectivity index (χ4v) is 5.69. The van der Waals surface area contributed by atoms with E-state index in [2.05, 4.69) is 51.7 Å². The van der Waals surface area contributed by atoms with Gasteiger partial charge in [0.1, 0.15) is 23.7 Å². The first-order valence-corrected chi connectivity index (χ1v) is 15.8. The Balaban J connectivity index is 0.000000130. The van der Waals surface area contributed by atoms with Crippen LogP contribution in [0.4, 0.5) is 17.1 Å². The maximum Gasteiger partial charge on any atom is 0.238 e. The minimum atomic E-state index is -0.557. The van der Waals surface area contributed by atoms with Gasteiger partial charge in [-0.3, -0.25) is 19.0 Å². The lowest BCUT2D eigenvalue weighted by atomic mass is 9.94. The van der Waals surface area contributed by atoms with Crippen molar-refractivity contribution in [2.75, 3.05) is 23.8 Å². The van der Waals surface area contributed by atoms with Crippen LogP contribution in [-0.2, 0) is 34.8 Å². The molecule has 15 nitrogen and oxygen atoms in total. The van der Waals surface area contributed by atoms with E-state index in [0.717, 1.165) is 40.8 Å². The molecule has 0 saturated carbocycles. The number of rotatable bonds is 1. The number of halogens is 1. The van der Waals surface area contributed by atoms with E-state index in [-0.39, 0.29) is 11.8 Å². The Morgan fingerprint density at radius 2 is 1.60 bits per heavy atom. The second-order valence-corrected chi connectivity index (χ2v) is 11.7. The molecule has 6 aromatic rings. The van der Waals surface area contributed by atoms with Crippen LogP contribution in [0.25, 0.3) is 26.9 Å². The summed E-state index contributed by atoms with van der Waals surface area (Å²) in [7, 11) is 3.61. The molecular formula is C34H29ClN12O3. The minimum absolute atomic E-state index is 0.00660. The molecule has 2 amide bonds. The minimum Gasteiger partial charge on any atom is -0.381 e. The number of anilines is 2. The van der Waals surface area contributed by atoms with Crippen LogP contribution in [-0.4, -0.2) is 64.5 Å². The van der Waals surface area contributed by atoms with Crippen molar-refractivity contribution in [3.05, 3.63) is 100 Å². The molecule has 2 N–H and O–H groups in total. The number of aromatic nitrogens is 8. The summed E-state index contributed by atoms with van der Waals surface area (Å²) in [6.45, 7) is 8.78. The average Bonchev–Trinajstić information content (AvgIpc) is 3.95. The zero-order valence-corrected chi connectivity index (χ0v) is 27.7. The van der Waals surface area contributed by atoms with Crippen molar-refractivity contribution in [2.45, 2.75) is 25.2 Å². The number of aryl methyl sites for hydroxylation is 2. The van der Waals surface area contributed by atoms with Gasteiger partial charge in [-0.25, -0.2) is 24.8 Å². The molecule has 1 atom stereocenters. The number of nitriles is 1. The highest BCUT2D eigenvalue weighted by molar-refractivity contribution is 6.33. The molecular weight excluding hydrogens is 660 g/mol. The van der Waals surface area contributed by atoms with Crippen LogP contribution in [0.1, 0.15) is 41.1 Å². The zero-order valence-electron chi connectivity index (χ0n) is 27.0. The Hall–Kier alpha value is -6.29. The van der Waals surface area contributed by atoms with E-state index in [1.165, 1.54) is 25.5 Å². The van der Waals surface area contributed by atoms with Gasteiger partial charge in [-0.15, -0.1) is 0 Å². The van der Waals surface area contributed by atoms with Crippen molar-refractivity contribution in [3.63, 3.8) is 0 Å². The molecule has 3 aliphatic rings. The third kappa shape index (κ3) is 7.39. The van der Waals surface area contributed by atoms with Crippen LogP contribution in [0.15, 0.2) is 61.4 Å². The molecule has 3 aliphatic heterocycles. The summed E-state index contributed by atoms with van der Waals surface area (Å²) >= 11 is 5.77. The number of nitrogens with one attached hydrogen (secondary N) is 2. The van der Waals surface area contributed by atoms with Crippen LogP contribution in [0.2, 0.25) is 5.15 Å². The molecule has 50 heavy (non-hydrogen) atoms. The van der Waals surface area contributed by atoms with Gasteiger partial charge in [0.2, 0.25) is 11.8 Å². The number of hydrogen-bond donors (Lipinski definition) is 2. The average molecular weight is 689 g/mol. The first-order chi connectivity index (χ1) is 24.2. The summed E-state index contributed by atoms with van der Waals surface area (Å²) in [5, 5.41) is 24.9. The first kappa shape index (κ1) is 33.6. The Morgan fingerprint density at radius 1 is 0.920 bits per heavy atom. The number of carbonyl (C=O) groups excluding carboxylic acids is 2. The van der Waals surface area contributed by atoms with Crippen LogP contribution in [0.5, 0.6) is 0 Å². The fraction of sp³-hybridized carbons (Fsp3) is 0.235. The van der Waals surface area contributed by atoms with Crippen LogP contribution in [0, 0.1) is 17.9 Å². The summed E-state index contributed by atoms with van der Waals surface area (Å²) in [5.41, 5.74) is 6.11. The number of fused-ring (bicyclic) bond motifs is 4. The molecule has 7 heterocycles. The van der Waals surface area contributed by atoms with E-state index in [0.29, 0.717) is 45.5 Å². The second kappa shape index (κ2) is 14.9. The monoisotopic (exact) mass is 688 g/mol. The third-order valence-electron chi connectivity index (χ3n) is 7.80. The second-order valence-electron chi connectivity index (χ2n) is 11.3. The van der Waals surface area contributed by atoms with Gasteiger partial charge in [-0.1, -0.05) is 23.7 Å². The highest BCUT2D eigenvalue weighted by Crippen LogP contribution is 2.38. The van der Waals surface area contributed by atoms with Crippen molar-refractivity contribution in [2.24, 2.45) is 14.1 Å². The quantitative estimate of drug-likeness (QED) is 0.179. The normalized spacial score (nSPS) is 15.2. The van der Waals surface area contributed by atoms with Gasteiger partial charge in [-0.05, 0) is 48.2 Å². The molecule has 250 valence electrons. The summed E-state index contributed by atoms with van der Waals surface area (Å²) in [6, 6.07) is 12.5.